The highest BCUT2D eigenvalue weighted by atomic mass is 79.9. The molecule has 0 saturated carbocycles. The van der Waals surface area contributed by atoms with Gasteiger partial charge in [-0.1, -0.05) is 27.5 Å². The molecule has 0 atom stereocenters. The topological polar surface area (TPSA) is 45.8 Å². The molecule has 2 aromatic rings. The molecule has 0 fully saturated rings. The molecule has 3 rings (SSSR count). The van der Waals surface area contributed by atoms with Gasteiger partial charge in [-0.15, -0.1) is 0 Å². The molecular formula is C14H12BrClN2O. The van der Waals surface area contributed by atoms with Crippen molar-refractivity contribution in [2.75, 3.05) is 0 Å². The van der Waals surface area contributed by atoms with Gasteiger partial charge in [0.2, 0.25) is 0 Å². The van der Waals surface area contributed by atoms with Gasteiger partial charge in [-0.25, -0.2) is 4.98 Å². The minimum atomic E-state index is -0.0290. The lowest BCUT2D eigenvalue weighted by Gasteiger charge is -2.15. The number of hydrogen-bond acceptors (Lipinski definition) is 2. The van der Waals surface area contributed by atoms with Crippen LogP contribution in [0.5, 0.6) is 0 Å². The molecule has 1 N–H and O–H groups in total. The van der Waals surface area contributed by atoms with Crippen LogP contribution >= 0.6 is 27.5 Å². The largest absolute Gasteiger partial charge is 0.306 e. The van der Waals surface area contributed by atoms with Gasteiger partial charge in [-0.3, -0.25) is 4.79 Å². The molecule has 1 aromatic carbocycles. The molecule has 0 spiro atoms. The Balaban J connectivity index is 2.15. The van der Waals surface area contributed by atoms with E-state index in [1.54, 1.807) is 6.07 Å². The van der Waals surface area contributed by atoms with Crippen molar-refractivity contribution >= 4 is 27.5 Å². The molecule has 19 heavy (non-hydrogen) atoms. The number of halogens is 2. The zero-order valence-electron chi connectivity index (χ0n) is 10.2. The fourth-order valence-electron chi connectivity index (χ4n) is 2.41. The Morgan fingerprint density at radius 1 is 1.26 bits per heavy atom. The number of aromatic nitrogens is 2. The van der Waals surface area contributed by atoms with Gasteiger partial charge in [0.25, 0.3) is 5.56 Å². The molecule has 1 aliphatic carbocycles. The fourth-order valence-corrected chi connectivity index (χ4v) is 3.18. The number of rotatable bonds is 1. The number of H-pyrrole nitrogens is 1. The second kappa shape index (κ2) is 5.10. The Bertz CT molecular complexity index is 696. The molecule has 0 unspecified atom stereocenters. The molecule has 0 radical (unpaired) electrons. The van der Waals surface area contributed by atoms with E-state index >= 15 is 0 Å². The van der Waals surface area contributed by atoms with Gasteiger partial charge < -0.3 is 4.98 Å². The average molecular weight is 340 g/mol. The van der Waals surface area contributed by atoms with E-state index in [1.807, 2.05) is 12.1 Å². The number of nitrogens with one attached hydrogen (secondary N) is 1. The molecule has 0 aliphatic heterocycles. The third-order valence-corrected chi connectivity index (χ3v) is 4.18. The van der Waals surface area contributed by atoms with E-state index < -0.39 is 0 Å². The molecular weight excluding hydrogens is 328 g/mol. The van der Waals surface area contributed by atoms with Gasteiger partial charge in [-0.05, 0) is 43.9 Å². The van der Waals surface area contributed by atoms with Gasteiger partial charge in [0.15, 0.2) is 0 Å². The summed E-state index contributed by atoms with van der Waals surface area (Å²) in [7, 11) is 0. The first-order chi connectivity index (χ1) is 9.15. The maximum Gasteiger partial charge on any atom is 0.254 e. The highest BCUT2D eigenvalue weighted by Gasteiger charge is 2.17. The van der Waals surface area contributed by atoms with Crippen LogP contribution in [0.3, 0.4) is 0 Å². The lowest BCUT2D eigenvalue weighted by Crippen LogP contribution is -2.21. The van der Waals surface area contributed by atoms with Crippen molar-refractivity contribution < 1.29 is 0 Å². The van der Waals surface area contributed by atoms with Crippen LogP contribution in [0.25, 0.3) is 11.4 Å². The minimum absolute atomic E-state index is 0.0290. The Morgan fingerprint density at radius 2 is 2.05 bits per heavy atom. The third-order valence-electron chi connectivity index (χ3n) is 3.38. The molecule has 98 valence electrons. The predicted molar refractivity (Wildman–Crippen MR) is 79.6 cm³/mol. The summed E-state index contributed by atoms with van der Waals surface area (Å²) in [6, 6.07) is 5.55. The van der Waals surface area contributed by atoms with E-state index in [4.69, 9.17) is 11.6 Å². The zero-order valence-corrected chi connectivity index (χ0v) is 12.5. The first kappa shape index (κ1) is 12.9. The Kier molecular flexibility index (Phi) is 3.46. The van der Waals surface area contributed by atoms with Crippen LogP contribution in [0.15, 0.2) is 27.5 Å². The number of aryl methyl sites for hydroxylation is 1. The summed E-state index contributed by atoms with van der Waals surface area (Å²) in [5, 5.41) is 0.577. The summed E-state index contributed by atoms with van der Waals surface area (Å²) in [5.41, 5.74) is 2.49. The van der Waals surface area contributed by atoms with Crippen LogP contribution in [0.2, 0.25) is 5.02 Å². The molecule has 0 saturated heterocycles. The number of fused-ring (bicyclic) bond motifs is 1. The van der Waals surface area contributed by atoms with E-state index in [0.29, 0.717) is 10.8 Å². The van der Waals surface area contributed by atoms with Crippen molar-refractivity contribution in [3.05, 3.63) is 49.3 Å². The number of hydrogen-bond donors (Lipinski definition) is 1. The summed E-state index contributed by atoms with van der Waals surface area (Å²) in [5.74, 6) is 0.558. The fraction of sp³-hybridized carbons (Fsp3) is 0.286. The van der Waals surface area contributed by atoms with Crippen molar-refractivity contribution in [3.63, 3.8) is 0 Å². The van der Waals surface area contributed by atoms with Crippen molar-refractivity contribution in [1.82, 2.24) is 9.97 Å². The average Bonchev–Trinajstić information content (AvgIpc) is 2.38. The molecule has 1 heterocycles. The van der Waals surface area contributed by atoms with Crippen molar-refractivity contribution in [2.24, 2.45) is 0 Å². The summed E-state index contributed by atoms with van der Waals surface area (Å²) in [6.45, 7) is 0. The second-order valence-corrected chi connectivity index (χ2v) is 5.99. The van der Waals surface area contributed by atoms with Crippen LogP contribution in [-0.4, -0.2) is 9.97 Å². The summed E-state index contributed by atoms with van der Waals surface area (Å²) in [4.78, 5) is 19.5. The first-order valence-electron chi connectivity index (χ1n) is 6.22. The zero-order chi connectivity index (χ0) is 13.4. The van der Waals surface area contributed by atoms with Gasteiger partial charge in [-0.2, -0.15) is 0 Å². The molecule has 0 bridgehead atoms. The van der Waals surface area contributed by atoms with Crippen LogP contribution in [-0.2, 0) is 12.8 Å². The molecule has 5 heteroatoms. The van der Waals surface area contributed by atoms with Crippen LogP contribution < -0.4 is 5.56 Å². The van der Waals surface area contributed by atoms with Crippen molar-refractivity contribution in [3.8, 4) is 11.4 Å². The number of aromatic amines is 1. The molecule has 1 aromatic heterocycles. The smallest absolute Gasteiger partial charge is 0.254 e. The molecule has 1 aliphatic rings. The maximum atomic E-state index is 12.1. The van der Waals surface area contributed by atoms with E-state index in [1.165, 1.54) is 0 Å². The Hall–Kier alpha value is -1.13. The molecule has 0 amide bonds. The molecule has 3 nitrogen and oxygen atoms in total. The Morgan fingerprint density at radius 3 is 2.84 bits per heavy atom. The van der Waals surface area contributed by atoms with E-state index in [2.05, 4.69) is 25.9 Å². The van der Waals surface area contributed by atoms with Crippen molar-refractivity contribution in [1.29, 1.82) is 0 Å². The number of benzene rings is 1. The summed E-state index contributed by atoms with van der Waals surface area (Å²) >= 11 is 9.57. The van der Waals surface area contributed by atoms with Gasteiger partial charge in [0.1, 0.15) is 5.82 Å². The normalized spacial score (nSPS) is 14.2. The highest BCUT2D eigenvalue weighted by Crippen LogP contribution is 2.28. The lowest BCUT2D eigenvalue weighted by molar-refractivity contribution is 0.657. The summed E-state index contributed by atoms with van der Waals surface area (Å²) < 4.78 is 0.904. The lowest BCUT2D eigenvalue weighted by atomic mass is 9.97. The predicted octanol–water partition coefficient (Wildman–Crippen LogP) is 3.73. The van der Waals surface area contributed by atoms with Crippen LogP contribution in [0, 0.1) is 0 Å². The standard InChI is InChI=1S/C14H12BrClN2O/c15-8-5-6-9(11(16)7-8)13-17-12-4-2-1-3-10(12)14(19)18-13/h5-7H,1-4H2,(H,17,18,19). The third kappa shape index (κ3) is 2.47. The van der Waals surface area contributed by atoms with Gasteiger partial charge in [0, 0.05) is 15.6 Å². The quantitative estimate of drug-likeness (QED) is 0.860. The van der Waals surface area contributed by atoms with Crippen LogP contribution in [0.1, 0.15) is 24.1 Å². The maximum absolute atomic E-state index is 12.1. The number of nitrogens with zero attached hydrogens (tertiary/aromatic N) is 1. The van der Waals surface area contributed by atoms with Gasteiger partial charge in [0.05, 0.1) is 10.7 Å². The van der Waals surface area contributed by atoms with Crippen LogP contribution in [0.4, 0.5) is 0 Å². The van der Waals surface area contributed by atoms with Gasteiger partial charge >= 0.3 is 0 Å². The first-order valence-corrected chi connectivity index (χ1v) is 7.40. The highest BCUT2D eigenvalue weighted by molar-refractivity contribution is 9.10. The summed E-state index contributed by atoms with van der Waals surface area (Å²) in [6.07, 6.45) is 3.86. The van der Waals surface area contributed by atoms with Crippen molar-refractivity contribution in [2.45, 2.75) is 25.7 Å². The van der Waals surface area contributed by atoms with E-state index in [0.717, 1.165) is 47.0 Å². The van der Waals surface area contributed by atoms with E-state index in [-0.39, 0.29) is 5.56 Å². The monoisotopic (exact) mass is 338 g/mol. The van der Waals surface area contributed by atoms with E-state index in [9.17, 15) is 4.79 Å². The minimum Gasteiger partial charge on any atom is -0.306 e. The second-order valence-electron chi connectivity index (χ2n) is 4.67. The Labute approximate surface area is 124 Å². The SMILES string of the molecule is O=c1[nH]c(-c2ccc(Br)cc2Cl)nc2c1CCCC2.